The first kappa shape index (κ1) is 15.6. The van der Waals surface area contributed by atoms with Gasteiger partial charge in [0.15, 0.2) is 0 Å². The third kappa shape index (κ3) is 3.48. The molecule has 2 aromatic carbocycles. The lowest BCUT2D eigenvalue weighted by atomic mass is 10.0. The Hall–Kier alpha value is -2.88. The third-order valence-corrected chi connectivity index (χ3v) is 4.77. The molecule has 25 heavy (non-hydrogen) atoms. The smallest absolute Gasteiger partial charge is 0.227 e. The summed E-state index contributed by atoms with van der Waals surface area (Å²) in [7, 11) is 0. The second-order valence-electron chi connectivity index (χ2n) is 6.41. The Morgan fingerprint density at radius 1 is 0.880 bits per heavy atom. The highest BCUT2D eigenvalue weighted by molar-refractivity contribution is 5.85. The largest absolute Gasteiger partial charge is 0.353 e. The van der Waals surface area contributed by atoms with Gasteiger partial charge in [-0.25, -0.2) is 4.98 Å². The fourth-order valence-electron chi connectivity index (χ4n) is 3.36. The minimum absolute atomic E-state index is 0.205. The maximum atomic E-state index is 12.6. The van der Waals surface area contributed by atoms with E-state index in [9.17, 15) is 4.79 Å². The number of benzene rings is 2. The van der Waals surface area contributed by atoms with E-state index in [4.69, 9.17) is 0 Å². The van der Waals surface area contributed by atoms with E-state index in [1.807, 2.05) is 41.4 Å². The molecule has 4 nitrogen and oxygen atoms in total. The zero-order valence-electron chi connectivity index (χ0n) is 14.1. The minimum atomic E-state index is 0.205. The summed E-state index contributed by atoms with van der Waals surface area (Å²) in [6, 6.07) is 20.5. The summed E-state index contributed by atoms with van der Waals surface area (Å²) in [5.41, 5.74) is 1.08. The second-order valence-corrected chi connectivity index (χ2v) is 6.41. The molecule has 0 aliphatic carbocycles. The summed E-state index contributed by atoms with van der Waals surface area (Å²) in [5, 5.41) is 2.40. The molecule has 4 rings (SSSR count). The zero-order chi connectivity index (χ0) is 17.1. The van der Waals surface area contributed by atoms with Crippen molar-refractivity contribution in [3.05, 3.63) is 72.4 Å². The minimum Gasteiger partial charge on any atom is -0.353 e. The fraction of sp³-hybridized carbons (Fsp3) is 0.238. The van der Waals surface area contributed by atoms with Gasteiger partial charge in [-0.3, -0.25) is 4.79 Å². The number of hydrogen-bond donors (Lipinski definition) is 0. The van der Waals surface area contributed by atoms with E-state index < -0.39 is 0 Å². The molecule has 0 saturated carbocycles. The molecule has 1 fully saturated rings. The molecular formula is C21H21N3O. The third-order valence-electron chi connectivity index (χ3n) is 4.77. The molecule has 4 heteroatoms. The average Bonchev–Trinajstić information content (AvgIpc) is 2.69. The Labute approximate surface area is 147 Å². The number of fused-ring (bicyclic) bond motifs is 1. The van der Waals surface area contributed by atoms with Crippen molar-refractivity contribution in [2.75, 3.05) is 31.1 Å². The van der Waals surface area contributed by atoms with Gasteiger partial charge in [-0.1, -0.05) is 48.5 Å². The predicted octanol–water partition coefficient (Wildman–Crippen LogP) is 3.13. The molecule has 126 valence electrons. The van der Waals surface area contributed by atoms with E-state index in [2.05, 4.69) is 40.2 Å². The van der Waals surface area contributed by atoms with Crippen molar-refractivity contribution in [3.63, 3.8) is 0 Å². The highest BCUT2D eigenvalue weighted by atomic mass is 16.2. The van der Waals surface area contributed by atoms with E-state index >= 15 is 0 Å². The lowest BCUT2D eigenvalue weighted by molar-refractivity contribution is -0.130. The van der Waals surface area contributed by atoms with Crippen LogP contribution in [-0.2, 0) is 11.2 Å². The first-order valence-electron chi connectivity index (χ1n) is 8.71. The van der Waals surface area contributed by atoms with Crippen LogP contribution in [0.25, 0.3) is 10.8 Å². The van der Waals surface area contributed by atoms with E-state index in [0.29, 0.717) is 6.42 Å². The van der Waals surface area contributed by atoms with Crippen LogP contribution in [0.5, 0.6) is 0 Å². The van der Waals surface area contributed by atoms with Gasteiger partial charge in [0, 0.05) is 32.4 Å². The van der Waals surface area contributed by atoms with Crippen molar-refractivity contribution in [3.8, 4) is 0 Å². The predicted molar refractivity (Wildman–Crippen MR) is 101 cm³/mol. The number of anilines is 1. The number of nitrogens with zero attached hydrogens (tertiary/aromatic N) is 3. The van der Waals surface area contributed by atoms with Crippen LogP contribution in [0, 0.1) is 0 Å². The summed E-state index contributed by atoms with van der Waals surface area (Å²) in [5.74, 6) is 1.19. The van der Waals surface area contributed by atoms with Crippen LogP contribution in [0.15, 0.2) is 66.9 Å². The lowest BCUT2D eigenvalue weighted by Crippen LogP contribution is -2.49. The van der Waals surface area contributed by atoms with Crippen LogP contribution in [0.4, 0.5) is 5.82 Å². The van der Waals surface area contributed by atoms with Crippen LogP contribution in [0.2, 0.25) is 0 Å². The van der Waals surface area contributed by atoms with Gasteiger partial charge in [0.2, 0.25) is 5.91 Å². The molecule has 1 saturated heterocycles. The molecule has 1 aliphatic rings. The molecule has 3 aromatic rings. The normalized spacial score (nSPS) is 14.7. The number of hydrogen-bond acceptors (Lipinski definition) is 3. The monoisotopic (exact) mass is 331 g/mol. The van der Waals surface area contributed by atoms with E-state index in [1.165, 1.54) is 10.8 Å². The molecule has 0 unspecified atom stereocenters. The lowest BCUT2D eigenvalue weighted by Gasteiger charge is -2.35. The molecule has 1 aliphatic heterocycles. The van der Waals surface area contributed by atoms with Crippen molar-refractivity contribution < 1.29 is 4.79 Å². The highest BCUT2D eigenvalue weighted by Crippen LogP contribution is 2.17. The Bertz CT molecular complexity index is 870. The molecule has 0 atom stereocenters. The van der Waals surface area contributed by atoms with Crippen LogP contribution in [-0.4, -0.2) is 42.0 Å². The SMILES string of the molecule is O=C(Cc1ccc2ccccc2c1)N1CCN(c2ccccn2)CC1. The van der Waals surface area contributed by atoms with E-state index in [-0.39, 0.29) is 5.91 Å². The standard InChI is InChI=1S/C21H21N3O/c25-21(16-17-8-9-18-5-1-2-6-19(18)15-17)24-13-11-23(12-14-24)20-7-3-4-10-22-20/h1-10,15H,11-14,16H2. The molecule has 0 N–H and O–H groups in total. The van der Waals surface area contributed by atoms with Crippen LogP contribution >= 0.6 is 0 Å². The fourth-order valence-corrected chi connectivity index (χ4v) is 3.36. The number of carbonyl (C=O) groups excluding carboxylic acids is 1. The molecule has 1 aromatic heterocycles. The quantitative estimate of drug-likeness (QED) is 0.740. The summed E-state index contributed by atoms with van der Waals surface area (Å²) >= 11 is 0. The number of pyridine rings is 1. The molecule has 0 bridgehead atoms. The highest BCUT2D eigenvalue weighted by Gasteiger charge is 2.21. The average molecular weight is 331 g/mol. The molecule has 0 radical (unpaired) electrons. The molecular weight excluding hydrogens is 310 g/mol. The number of rotatable bonds is 3. The van der Waals surface area contributed by atoms with Crippen LogP contribution < -0.4 is 4.90 Å². The van der Waals surface area contributed by atoms with Gasteiger partial charge < -0.3 is 9.80 Å². The van der Waals surface area contributed by atoms with Gasteiger partial charge in [-0.2, -0.15) is 0 Å². The van der Waals surface area contributed by atoms with Gasteiger partial charge in [0.25, 0.3) is 0 Å². The van der Waals surface area contributed by atoms with Crippen molar-refractivity contribution in [1.29, 1.82) is 0 Å². The van der Waals surface area contributed by atoms with Gasteiger partial charge in [0.1, 0.15) is 5.82 Å². The van der Waals surface area contributed by atoms with Gasteiger partial charge in [0.05, 0.1) is 6.42 Å². The molecule has 0 spiro atoms. The second kappa shape index (κ2) is 6.93. The maximum absolute atomic E-state index is 12.6. The Balaban J connectivity index is 1.38. The Kier molecular flexibility index (Phi) is 4.34. The Morgan fingerprint density at radius 2 is 1.64 bits per heavy atom. The van der Waals surface area contributed by atoms with Crippen LogP contribution in [0.3, 0.4) is 0 Å². The van der Waals surface area contributed by atoms with Gasteiger partial charge >= 0.3 is 0 Å². The molecule has 1 amide bonds. The van der Waals surface area contributed by atoms with Gasteiger partial charge in [-0.05, 0) is 28.5 Å². The maximum Gasteiger partial charge on any atom is 0.227 e. The number of piperazine rings is 1. The number of carbonyl (C=O) groups is 1. The first-order valence-corrected chi connectivity index (χ1v) is 8.71. The van der Waals surface area contributed by atoms with Crippen molar-refractivity contribution in [2.24, 2.45) is 0 Å². The Morgan fingerprint density at radius 3 is 2.40 bits per heavy atom. The zero-order valence-corrected chi connectivity index (χ0v) is 14.1. The van der Waals surface area contributed by atoms with E-state index in [0.717, 1.165) is 37.6 Å². The number of amides is 1. The van der Waals surface area contributed by atoms with Crippen molar-refractivity contribution in [1.82, 2.24) is 9.88 Å². The topological polar surface area (TPSA) is 36.4 Å². The molecule has 2 heterocycles. The first-order chi connectivity index (χ1) is 12.3. The number of aromatic nitrogens is 1. The summed E-state index contributed by atoms with van der Waals surface area (Å²) in [6.45, 7) is 3.17. The summed E-state index contributed by atoms with van der Waals surface area (Å²) in [6.07, 6.45) is 2.28. The van der Waals surface area contributed by atoms with Crippen molar-refractivity contribution >= 4 is 22.5 Å². The van der Waals surface area contributed by atoms with Gasteiger partial charge in [-0.15, -0.1) is 0 Å². The van der Waals surface area contributed by atoms with Crippen LogP contribution in [0.1, 0.15) is 5.56 Å². The summed E-state index contributed by atoms with van der Waals surface area (Å²) < 4.78 is 0. The van der Waals surface area contributed by atoms with Crippen molar-refractivity contribution in [2.45, 2.75) is 6.42 Å². The summed E-state index contributed by atoms with van der Waals surface area (Å²) in [4.78, 5) is 21.2. The van der Waals surface area contributed by atoms with E-state index in [1.54, 1.807) is 0 Å².